The van der Waals surface area contributed by atoms with Crippen molar-refractivity contribution in [2.75, 3.05) is 37.5 Å². The number of nitrogens with one attached hydrogen (secondary N) is 1. The van der Waals surface area contributed by atoms with Crippen molar-refractivity contribution >= 4 is 17.3 Å². The molecular formula is C20H25N3O3. The maximum Gasteiger partial charge on any atom is 0.274 e. The van der Waals surface area contributed by atoms with Crippen LogP contribution in [-0.4, -0.2) is 38.2 Å². The Bertz CT molecular complexity index is 761. The summed E-state index contributed by atoms with van der Waals surface area (Å²) in [5.74, 6) is 1.62. The van der Waals surface area contributed by atoms with Crippen LogP contribution < -0.4 is 19.7 Å². The van der Waals surface area contributed by atoms with Crippen molar-refractivity contribution in [1.82, 2.24) is 4.98 Å². The van der Waals surface area contributed by atoms with Crippen LogP contribution in [-0.2, 0) is 0 Å². The van der Waals surface area contributed by atoms with Gasteiger partial charge in [0, 0.05) is 19.2 Å². The van der Waals surface area contributed by atoms with Crippen LogP contribution in [0.5, 0.6) is 11.5 Å². The lowest BCUT2D eigenvalue weighted by molar-refractivity contribution is 0.102. The zero-order valence-corrected chi connectivity index (χ0v) is 15.5. The van der Waals surface area contributed by atoms with Crippen molar-refractivity contribution in [1.29, 1.82) is 0 Å². The molecule has 2 aromatic rings. The number of benzene rings is 1. The first-order valence-electron chi connectivity index (χ1n) is 8.85. The quantitative estimate of drug-likeness (QED) is 0.888. The molecule has 1 aromatic carbocycles. The van der Waals surface area contributed by atoms with Gasteiger partial charge in [-0.3, -0.25) is 4.79 Å². The summed E-state index contributed by atoms with van der Waals surface area (Å²) in [6.07, 6.45) is 4.24. The lowest BCUT2D eigenvalue weighted by Gasteiger charge is -2.32. The van der Waals surface area contributed by atoms with Crippen molar-refractivity contribution in [2.45, 2.75) is 19.8 Å². The molecule has 1 fully saturated rings. The highest BCUT2D eigenvalue weighted by molar-refractivity contribution is 6.03. The Morgan fingerprint density at radius 2 is 2.08 bits per heavy atom. The van der Waals surface area contributed by atoms with E-state index >= 15 is 0 Å². The molecule has 6 nitrogen and oxygen atoms in total. The molecule has 3 rings (SSSR count). The molecular weight excluding hydrogens is 330 g/mol. The highest BCUT2D eigenvalue weighted by Gasteiger charge is 2.18. The summed E-state index contributed by atoms with van der Waals surface area (Å²) in [5, 5.41) is 2.84. The number of hydrogen-bond donors (Lipinski definition) is 1. The number of rotatable bonds is 5. The second kappa shape index (κ2) is 8.08. The Morgan fingerprint density at radius 1 is 1.23 bits per heavy atom. The Balaban J connectivity index is 1.70. The number of carbonyl (C=O) groups is 1. The largest absolute Gasteiger partial charge is 0.497 e. The number of anilines is 2. The van der Waals surface area contributed by atoms with Crippen LogP contribution in [0.4, 0.5) is 11.4 Å². The topological polar surface area (TPSA) is 63.7 Å². The molecule has 0 bridgehead atoms. The summed E-state index contributed by atoms with van der Waals surface area (Å²) >= 11 is 0. The molecule has 1 saturated heterocycles. The van der Waals surface area contributed by atoms with E-state index in [0.717, 1.165) is 18.8 Å². The summed E-state index contributed by atoms with van der Waals surface area (Å²) in [6.45, 7) is 4.35. The summed E-state index contributed by atoms with van der Waals surface area (Å²) < 4.78 is 10.5. The van der Waals surface area contributed by atoms with E-state index in [-0.39, 0.29) is 5.91 Å². The number of aromatic nitrogens is 1. The van der Waals surface area contributed by atoms with Gasteiger partial charge >= 0.3 is 0 Å². The molecule has 1 aliphatic rings. The third-order valence-corrected chi connectivity index (χ3v) is 4.66. The molecule has 1 atom stereocenters. The number of carbonyl (C=O) groups excluding carboxylic acids is 1. The third kappa shape index (κ3) is 4.07. The molecule has 2 heterocycles. The average molecular weight is 355 g/mol. The van der Waals surface area contributed by atoms with Crippen molar-refractivity contribution in [3.63, 3.8) is 0 Å². The molecule has 1 amide bonds. The van der Waals surface area contributed by atoms with Gasteiger partial charge in [0.25, 0.3) is 5.91 Å². The monoisotopic (exact) mass is 355 g/mol. The first-order chi connectivity index (χ1) is 12.6. The molecule has 6 heteroatoms. The third-order valence-electron chi connectivity index (χ3n) is 4.66. The average Bonchev–Trinajstić information content (AvgIpc) is 2.68. The normalized spacial score (nSPS) is 16.9. The van der Waals surface area contributed by atoms with Gasteiger partial charge in [-0.2, -0.15) is 0 Å². The second-order valence-corrected chi connectivity index (χ2v) is 6.62. The van der Waals surface area contributed by atoms with Crippen molar-refractivity contribution in [3.8, 4) is 11.5 Å². The van der Waals surface area contributed by atoms with Crippen LogP contribution in [0.2, 0.25) is 0 Å². The SMILES string of the molecule is COc1ccc(NC(=O)c2ccc(N3CCCC(C)C3)cn2)c(OC)c1. The summed E-state index contributed by atoms with van der Waals surface area (Å²) in [5.41, 5.74) is 2.01. The molecule has 26 heavy (non-hydrogen) atoms. The number of pyridine rings is 1. The minimum Gasteiger partial charge on any atom is -0.497 e. The molecule has 0 saturated carbocycles. The molecule has 1 aromatic heterocycles. The molecule has 1 N–H and O–H groups in total. The van der Waals surface area contributed by atoms with E-state index in [1.165, 1.54) is 12.8 Å². The van der Waals surface area contributed by atoms with Crippen molar-refractivity contribution < 1.29 is 14.3 Å². The molecule has 138 valence electrons. The first kappa shape index (κ1) is 18.0. The summed E-state index contributed by atoms with van der Waals surface area (Å²) in [7, 11) is 3.14. The van der Waals surface area contributed by atoms with Gasteiger partial charge in [0.1, 0.15) is 17.2 Å². The number of ether oxygens (including phenoxy) is 2. The predicted molar refractivity (Wildman–Crippen MR) is 102 cm³/mol. The Morgan fingerprint density at radius 3 is 2.73 bits per heavy atom. The lowest BCUT2D eigenvalue weighted by Crippen LogP contribution is -2.34. The van der Waals surface area contributed by atoms with Gasteiger partial charge in [-0.1, -0.05) is 6.92 Å². The van der Waals surface area contributed by atoms with Gasteiger partial charge in [0.15, 0.2) is 0 Å². The standard InChI is InChI=1S/C20H25N3O3/c1-14-5-4-10-23(13-14)15-6-8-18(21-12-15)20(24)22-17-9-7-16(25-2)11-19(17)26-3/h6-9,11-12,14H,4-5,10,13H2,1-3H3,(H,22,24). The Hall–Kier alpha value is -2.76. The fraction of sp³-hybridized carbons (Fsp3) is 0.400. The van der Waals surface area contributed by atoms with Gasteiger partial charge in [-0.25, -0.2) is 4.98 Å². The number of piperidine rings is 1. The van der Waals surface area contributed by atoms with Crippen LogP contribution in [0.15, 0.2) is 36.5 Å². The van der Waals surface area contributed by atoms with E-state index in [2.05, 4.69) is 22.1 Å². The highest BCUT2D eigenvalue weighted by Crippen LogP contribution is 2.29. The number of methoxy groups -OCH3 is 2. The maximum atomic E-state index is 12.5. The van der Waals surface area contributed by atoms with Crippen LogP contribution >= 0.6 is 0 Å². The van der Waals surface area contributed by atoms with Gasteiger partial charge < -0.3 is 19.7 Å². The van der Waals surface area contributed by atoms with Gasteiger partial charge in [-0.15, -0.1) is 0 Å². The van der Waals surface area contributed by atoms with E-state index in [9.17, 15) is 4.79 Å². The minimum atomic E-state index is -0.271. The van der Waals surface area contributed by atoms with Crippen LogP contribution in [0, 0.1) is 5.92 Å². The predicted octanol–water partition coefficient (Wildman–Crippen LogP) is 3.59. The molecule has 0 radical (unpaired) electrons. The Kier molecular flexibility index (Phi) is 5.61. The summed E-state index contributed by atoms with van der Waals surface area (Å²) in [4.78, 5) is 19.2. The number of hydrogen-bond acceptors (Lipinski definition) is 5. The summed E-state index contributed by atoms with van der Waals surface area (Å²) in [6, 6.07) is 8.97. The fourth-order valence-corrected chi connectivity index (χ4v) is 3.22. The van der Waals surface area contributed by atoms with Crippen LogP contribution in [0.1, 0.15) is 30.3 Å². The van der Waals surface area contributed by atoms with Crippen LogP contribution in [0.3, 0.4) is 0 Å². The maximum absolute atomic E-state index is 12.5. The minimum absolute atomic E-state index is 0.271. The van der Waals surface area contributed by atoms with E-state index in [1.54, 1.807) is 44.7 Å². The van der Waals surface area contributed by atoms with Gasteiger partial charge in [0.05, 0.1) is 31.8 Å². The van der Waals surface area contributed by atoms with Crippen molar-refractivity contribution in [2.24, 2.45) is 5.92 Å². The smallest absolute Gasteiger partial charge is 0.274 e. The molecule has 0 aliphatic carbocycles. The fourth-order valence-electron chi connectivity index (χ4n) is 3.22. The Labute approximate surface area is 154 Å². The molecule has 1 aliphatic heterocycles. The van der Waals surface area contributed by atoms with Gasteiger partial charge in [0.2, 0.25) is 0 Å². The molecule has 1 unspecified atom stereocenters. The lowest BCUT2D eigenvalue weighted by atomic mass is 10.00. The molecule has 0 spiro atoms. The first-order valence-corrected chi connectivity index (χ1v) is 8.85. The van der Waals surface area contributed by atoms with E-state index < -0.39 is 0 Å². The zero-order chi connectivity index (χ0) is 18.5. The van der Waals surface area contributed by atoms with E-state index in [4.69, 9.17) is 9.47 Å². The van der Waals surface area contributed by atoms with Gasteiger partial charge in [-0.05, 0) is 43.0 Å². The van der Waals surface area contributed by atoms with E-state index in [1.807, 2.05) is 6.07 Å². The van der Waals surface area contributed by atoms with Crippen molar-refractivity contribution in [3.05, 3.63) is 42.2 Å². The zero-order valence-electron chi connectivity index (χ0n) is 15.5. The number of amides is 1. The second-order valence-electron chi connectivity index (χ2n) is 6.62. The highest BCUT2D eigenvalue weighted by atomic mass is 16.5. The van der Waals surface area contributed by atoms with Crippen LogP contribution in [0.25, 0.3) is 0 Å². The van der Waals surface area contributed by atoms with E-state index in [0.29, 0.717) is 28.8 Å². The number of nitrogens with zero attached hydrogens (tertiary/aromatic N) is 2.